The summed E-state index contributed by atoms with van der Waals surface area (Å²) in [5.41, 5.74) is 1.76. The first-order chi connectivity index (χ1) is 8.02. The van der Waals surface area contributed by atoms with E-state index in [4.69, 9.17) is 11.6 Å². The molecule has 0 radical (unpaired) electrons. The second-order valence-corrected chi connectivity index (χ2v) is 5.52. The van der Waals surface area contributed by atoms with E-state index in [0.717, 1.165) is 22.9 Å². The summed E-state index contributed by atoms with van der Waals surface area (Å²) in [4.78, 5) is 12.0. The van der Waals surface area contributed by atoms with Crippen molar-refractivity contribution < 1.29 is 4.79 Å². The van der Waals surface area contributed by atoms with E-state index in [1.807, 2.05) is 32.0 Å². The molecule has 0 aliphatic rings. The largest absolute Gasteiger partial charge is 0.350 e. The minimum Gasteiger partial charge on any atom is -0.350 e. The second kappa shape index (κ2) is 7.02. The van der Waals surface area contributed by atoms with Gasteiger partial charge in [-0.25, -0.2) is 0 Å². The number of nitrogens with one attached hydrogen (secondary N) is 1. The van der Waals surface area contributed by atoms with Crippen LogP contribution in [0.25, 0.3) is 0 Å². The lowest BCUT2D eigenvalue weighted by molar-refractivity contribution is 0.0938. The summed E-state index contributed by atoms with van der Waals surface area (Å²) < 4.78 is 0.927. The molecule has 0 saturated carbocycles. The van der Waals surface area contributed by atoms with Crippen LogP contribution in [0.1, 0.15) is 35.7 Å². The first-order valence-electron chi connectivity index (χ1n) is 5.67. The molecule has 1 aromatic carbocycles. The Morgan fingerprint density at radius 3 is 2.76 bits per heavy atom. The first-order valence-corrected chi connectivity index (χ1v) is 6.99. The Bertz CT molecular complexity index is 375. The maximum Gasteiger partial charge on any atom is 0.251 e. The summed E-state index contributed by atoms with van der Waals surface area (Å²) in [6.45, 7) is 3.97. The summed E-state index contributed by atoms with van der Waals surface area (Å²) in [5.74, 6) is 0.604. The van der Waals surface area contributed by atoms with Crippen molar-refractivity contribution in [1.82, 2.24) is 5.32 Å². The van der Waals surface area contributed by atoms with E-state index in [1.165, 1.54) is 0 Å². The maximum atomic E-state index is 12.0. The molecule has 4 heteroatoms. The Hall–Kier alpha value is -0.540. The molecule has 0 aromatic heterocycles. The highest BCUT2D eigenvalue weighted by atomic mass is 79.9. The van der Waals surface area contributed by atoms with E-state index in [0.29, 0.717) is 11.4 Å². The highest BCUT2D eigenvalue weighted by Gasteiger charge is 2.10. The molecule has 2 nitrogen and oxygen atoms in total. The van der Waals surface area contributed by atoms with E-state index in [2.05, 4.69) is 21.2 Å². The number of aryl methyl sites for hydroxylation is 1. The second-order valence-electron chi connectivity index (χ2n) is 4.22. The van der Waals surface area contributed by atoms with Gasteiger partial charge in [0.1, 0.15) is 0 Å². The number of amides is 1. The molecule has 0 aliphatic carbocycles. The molecular weight excluding hydrogens is 302 g/mol. The van der Waals surface area contributed by atoms with Gasteiger partial charge >= 0.3 is 0 Å². The smallest absolute Gasteiger partial charge is 0.251 e. The van der Waals surface area contributed by atoms with Crippen molar-refractivity contribution in [3.05, 3.63) is 33.8 Å². The van der Waals surface area contributed by atoms with Gasteiger partial charge in [0.2, 0.25) is 0 Å². The van der Waals surface area contributed by atoms with Gasteiger partial charge in [0.05, 0.1) is 0 Å². The fourth-order valence-corrected chi connectivity index (χ4v) is 2.39. The number of halogens is 2. The van der Waals surface area contributed by atoms with E-state index in [9.17, 15) is 4.79 Å². The maximum absolute atomic E-state index is 12.0. The van der Waals surface area contributed by atoms with Crippen LogP contribution in [0.5, 0.6) is 0 Å². The molecule has 94 valence electrons. The highest BCUT2D eigenvalue weighted by Crippen LogP contribution is 2.15. The molecule has 0 fully saturated rings. The van der Waals surface area contributed by atoms with Gasteiger partial charge in [-0.1, -0.05) is 15.9 Å². The highest BCUT2D eigenvalue weighted by molar-refractivity contribution is 9.10. The molecular formula is C13H17BrClNO. The Morgan fingerprint density at radius 2 is 2.18 bits per heavy atom. The van der Waals surface area contributed by atoms with Gasteiger partial charge < -0.3 is 5.32 Å². The summed E-state index contributed by atoms with van der Waals surface area (Å²) in [5, 5.41) is 2.97. The predicted molar refractivity (Wildman–Crippen MR) is 75.8 cm³/mol. The van der Waals surface area contributed by atoms with Crippen molar-refractivity contribution in [2.24, 2.45) is 0 Å². The molecule has 0 saturated heterocycles. The van der Waals surface area contributed by atoms with Crippen LogP contribution in [0.15, 0.2) is 22.7 Å². The van der Waals surface area contributed by atoms with Crippen LogP contribution in [0.4, 0.5) is 0 Å². The minimum absolute atomic E-state index is 0.0310. The van der Waals surface area contributed by atoms with Gasteiger partial charge in [0.15, 0.2) is 0 Å². The van der Waals surface area contributed by atoms with Crippen LogP contribution < -0.4 is 5.32 Å². The van der Waals surface area contributed by atoms with Crippen molar-refractivity contribution in [3.8, 4) is 0 Å². The lowest BCUT2D eigenvalue weighted by atomic mass is 10.1. The number of carbonyl (C=O) groups excluding carboxylic acids is 1. The van der Waals surface area contributed by atoms with E-state index in [1.54, 1.807) is 0 Å². The summed E-state index contributed by atoms with van der Waals surface area (Å²) in [7, 11) is 0. The third kappa shape index (κ3) is 5.09. The van der Waals surface area contributed by atoms with Crippen molar-refractivity contribution >= 4 is 33.4 Å². The van der Waals surface area contributed by atoms with Crippen LogP contribution in [0, 0.1) is 6.92 Å². The molecule has 0 aliphatic heterocycles. The number of hydrogen-bond donors (Lipinski definition) is 1. The third-order valence-electron chi connectivity index (χ3n) is 2.45. The van der Waals surface area contributed by atoms with Crippen molar-refractivity contribution in [2.45, 2.75) is 32.7 Å². The van der Waals surface area contributed by atoms with E-state index >= 15 is 0 Å². The monoisotopic (exact) mass is 317 g/mol. The number of rotatable bonds is 5. The van der Waals surface area contributed by atoms with Gasteiger partial charge in [0.25, 0.3) is 5.91 Å². The zero-order valence-corrected chi connectivity index (χ0v) is 12.4. The van der Waals surface area contributed by atoms with E-state index in [-0.39, 0.29) is 11.9 Å². The molecule has 1 atom stereocenters. The topological polar surface area (TPSA) is 29.1 Å². The Balaban J connectivity index is 2.63. The molecule has 0 heterocycles. The number of carbonyl (C=O) groups is 1. The fourth-order valence-electron chi connectivity index (χ4n) is 1.63. The summed E-state index contributed by atoms with van der Waals surface area (Å²) >= 11 is 9.01. The summed E-state index contributed by atoms with van der Waals surface area (Å²) in [6.07, 6.45) is 1.82. The fraction of sp³-hybridized carbons (Fsp3) is 0.462. The SMILES string of the molecule is Cc1cc(Br)cc(C(=O)NC(C)CCCCl)c1. The first kappa shape index (κ1) is 14.5. The molecule has 1 N–H and O–H groups in total. The van der Waals surface area contributed by atoms with Gasteiger partial charge in [0, 0.05) is 22.0 Å². The Morgan fingerprint density at radius 1 is 1.47 bits per heavy atom. The zero-order chi connectivity index (χ0) is 12.8. The molecule has 17 heavy (non-hydrogen) atoms. The van der Waals surface area contributed by atoms with Crippen molar-refractivity contribution in [1.29, 1.82) is 0 Å². The predicted octanol–water partition coefficient (Wildman–Crippen LogP) is 3.89. The molecule has 1 rings (SSSR count). The third-order valence-corrected chi connectivity index (χ3v) is 3.18. The van der Waals surface area contributed by atoms with Gasteiger partial charge in [-0.05, 0) is 50.5 Å². The molecule has 1 aromatic rings. The number of benzene rings is 1. The lowest BCUT2D eigenvalue weighted by Crippen LogP contribution is -2.32. The molecule has 1 amide bonds. The van der Waals surface area contributed by atoms with Crippen LogP contribution in [-0.4, -0.2) is 17.8 Å². The van der Waals surface area contributed by atoms with E-state index < -0.39 is 0 Å². The quantitative estimate of drug-likeness (QED) is 0.820. The van der Waals surface area contributed by atoms with Gasteiger partial charge in [-0.15, -0.1) is 11.6 Å². The minimum atomic E-state index is -0.0310. The van der Waals surface area contributed by atoms with Crippen molar-refractivity contribution in [3.63, 3.8) is 0 Å². The Labute approximate surface area is 116 Å². The Kier molecular flexibility index (Phi) is 6.00. The van der Waals surface area contributed by atoms with Crippen molar-refractivity contribution in [2.75, 3.05) is 5.88 Å². The van der Waals surface area contributed by atoms with Gasteiger partial charge in [-0.3, -0.25) is 4.79 Å². The van der Waals surface area contributed by atoms with Crippen LogP contribution >= 0.6 is 27.5 Å². The average Bonchev–Trinajstić information content (AvgIpc) is 2.25. The molecule has 0 bridgehead atoms. The standard InChI is InChI=1S/C13H17BrClNO/c1-9-6-11(8-12(14)7-9)13(17)16-10(2)4-3-5-15/h6-8,10H,3-5H2,1-2H3,(H,16,17). The lowest BCUT2D eigenvalue weighted by Gasteiger charge is -2.13. The normalized spacial score (nSPS) is 12.2. The molecule has 0 spiro atoms. The van der Waals surface area contributed by atoms with Crippen LogP contribution in [0.3, 0.4) is 0 Å². The number of hydrogen-bond acceptors (Lipinski definition) is 1. The number of alkyl halides is 1. The van der Waals surface area contributed by atoms with Crippen LogP contribution in [-0.2, 0) is 0 Å². The molecule has 1 unspecified atom stereocenters. The zero-order valence-electron chi connectivity index (χ0n) is 10.1. The van der Waals surface area contributed by atoms with Crippen LogP contribution in [0.2, 0.25) is 0 Å². The summed E-state index contributed by atoms with van der Waals surface area (Å²) in [6, 6.07) is 5.85. The van der Waals surface area contributed by atoms with Gasteiger partial charge in [-0.2, -0.15) is 0 Å². The average molecular weight is 319 g/mol.